The first-order valence-electron chi connectivity index (χ1n) is 17.6. The molecule has 1 heterocycles. The number of carbonyl (C=O) groups is 2. The Labute approximate surface area is 307 Å². The molecule has 3 aromatic carbocycles. The number of carbonyl (C=O) groups excluding carboxylic acids is 2. The molecular weight excluding hydrogens is 682 g/mol. The van der Waals surface area contributed by atoms with Gasteiger partial charge in [0.25, 0.3) is 0 Å². The van der Waals surface area contributed by atoms with Crippen LogP contribution in [0.1, 0.15) is 82.9 Å². The molecule has 0 aromatic heterocycles. The normalized spacial score (nSPS) is 18.7. The number of rotatable bonds is 11. The molecule has 1 aliphatic heterocycles. The summed E-state index contributed by atoms with van der Waals surface area (Å²) in [7, 11) is -4.27. The first-order chi connectivity index (χ1) is 24.1. The van der Waals surface area contributed by atoms with Crippen molar-refractivity contribution in [1.82, 2.24) is 4.90 Å². The predicted octanol–water partition coefficient (Wildman–Crippen LogP) is 9.16. The lowest BCUT2D eigenvalue weighted by molar-refractivity contribution is -0.119. The molecule has 3 aromatic rings. The van der Waals surface area contributed by atoms with Crippen LogP contribution in [0.15, 0.2) is 107 Å². The van der Waals surface area contributed by atoms with E-state index in [1.165, 1.54) is 29.8 Å². The quantitative estimate of drug-likeness (QED) is 0.144. The Balaban J connectivity index is 1.55. The number of halogens is 1. The molecular formula is C42H46ClNO6S. The highest BCUT2D eigenvalue weighted by atomic mass is 35.5. The summed E-state index contributed by atoms with van der Waals surface area (Å²) in [6.45, 7) is 15.1. The van der Waals surface area contributed by atoms with Gasteiger partial charge < -0.3 is 13.8 Å². The second-order valence-corrected chi connectivity index (χ2v) is 17.3. The molecule has 0 saturated carbocycles. The Kier molecular flexibility index (Phi) is 10.1. The molecule has 0 fully saturated rings. The number of Topliss-reactive ketones (excluding diaryl/α,β-unsaturated/α-hetero) is 2. The Hall–Kier alpha value is -4.14. The first-order valence-corrected chi connectivity index (χ1v) is 19.4. The maximum Gasteiger partial charge on any atom is 0.339 e. The molecule has 0 unspecified atom stereocenters. The van der Waals surface area contributed by atoms with Gasteiger partial charge in [0.15, 0.2) is 23.1 Å². The zero-order valence-electron chi connectivity index (χ0n) is 30.1. The van der Waals surface area contributed by atoms with E-state index < -0.39 is 16.0 Å². The number of hydrogen-bond acceptors (Lipinski definition) is 7. The number of benzene rings is 3. The molecule has 3 aliphatic rings. The average molecular weight is 728 g/mol. The Morgan fingerprint density at radius 1 is 0.882 bits per heavy atom. The second kappa shape index (κ2) is 14.1. The van der Waals surface area contributed by atoms with Gasteiger partial charge in [-0.2, -0.15) is 8.42 Å². The van der Waals surface area contributed by atoms with E-state index in [1.807, 2.05) is 31.2 Å². The van der Waals surface area contributed by atoms with Crippen LogP contribution in [0.5, 0.6) is 11.5 Å². The summed E-state index contributed by atoms with van der Waals surface area (Å²) in [4.78, 5) is 31.1. The fourth-order valence-corrected chi connectivity index (χ4v) is 8.91. The third kappa shape index (κ3) is 7.58. The van der Waals surface area contributed by atoms with Crippen LogP contribution >= 0.6 is 11.6 Å². The van der Waals surface area contributed by atoms with Crippen molar-refractivity contribution in [2.24, 2.45) is 10.8 Å². The van der Waals surface area contributed by atoms with Crippen LogP contribution in [-0.2, 0) is 32.5 Å². The van der Waals surface area contributed by atoms with Gasteiger partial charge in [-0.15, -0.1) is 6.58 Å². The van der Waals surface area contributed by atoms with Crippen LogP contribution in [0, 0.1) is 10.8 Å². The van der Waals surface area contributed by atoms with E-state index >= 15 is 0 Å². The summed E-state index contributed by atoms with van der Waals surface area (Å²) >= 11 is 6.02. The molecule has 0 amide bonds. The maximum atomic E-state index is 14.4. The van der Waals surface area contributed by atoms with E-state index in [1.54, 1.807) is 12.1 Å². The highest BCUT2D eigenvalue weighted by Gasteiger charge is 2.49. The van der Waals surface area contributed by atoms with Crippen LogP contribution in [0.3, 0.4) is 0 Å². The minimum atomic E-state index is -4.27. The average Bonchev–Trinajstić information content (AvgIpc) is 3.04. The highest BCUT2D eigenvalue weighted by molar-refractivity contribution is 7.87. The van der Waals surface area contributed by atoms with Crippen molar-refractivity contribution in [1.29, 1.82) is 0 Å². The number of ketones is 2. The Morgan fingerprint density at radius 3 is 2.02 bits per heavy atom. The predicted molar refractivity (Wildman–Crippen MR) is 200 cm³/mol. The smallest absolute Gasteiger partial charge is 0.339 e. The van der Waals surface area contributed by atoms with Gasteiger partial charge in [0.1, 0.15) is 4.90 Å². The molecule has 0 N–H and O–H groups in total. The van der Waals surface area contributed by atoms with Gasteiger partial charge >= 0.3 is 10.1 Å². The van der Waals surface area contributed by atoms with Gasteiger partial charge in [-0.05, 0) is 84.9 Å². The van der Waals surface area contributed by atoms with Crippen molar-refractivity contribution in [2.75, 3.05) is 13.2 Å². The standard InChI is InChI=1S/C42H46ClNO6S/c1-7-12-28-21-29(22-36(49-8-2)40(28)50-51(47,48)31-17-15-30(43)16-18-31)37-38-32(23-41(3,4)25-34(38)45)44(20-19-27-13-10-9-11-14-27)33-24-42(5,6)26-35(46)39(33)37/h7,9-11,13-18,21-22,37H,1,8,12,19-20,23-26H2,2-6H3. The topological polar surface area (TPSA) is 90.0 Å². The van der Waals surface area contributed by atoms with Crippen molar-refractivity contribution in [3.63, 3.8) is 0 Å². The van der Waals surface area contributed by atoms with Crippen molar-refractivity contribution >= 4 is 33.3 Å². The number of ether oxygens (including phenoxy) is 1. The third-order valence-electron chi connectivity index (χ3n) is 9.94. The van der Waals surface area contributed by atoms with E-state index in [0.717, 1.165) is 17.8 Å². The fraction of sp³-hybridized carbons (Fsp3) is 0.381. The molecule has 51 heavy (non-hydrogen) atoms. The van der Waals surface area contributed by atoms with Gasteiger partial charge in [0.05, 0.1) is 6.61 Å². The van der Waals surface area contributed by atoms with Crippen LogP contribution in [0.4, 0.5) is 0 Å². The van der Waals surface area contributed by atoms with E-state index in [2.05, 4.69) is 51.3 Å². The zero-order chi connectivity index (χ0) is 36.7. The number of hydrogen-bond donors (Lipinski definition) is 0. The SMILES string of the molecule is C=CCc1cc(C2C3=C(CC(C)(C)CC3=O)N(CCc3ccccc3)C3=C2C(=O)CC(C)(C)C3)cc(OCC)c1OS(=O)(=O)c1ccc(Cl)cc1. The highest BCUT2D eigenvalue weighted by Crippen LogP contribution is 2.55. The van der Waals surface area contributed by atoms with Gasteiger partial charge in [-0.3, -0.25) is 9.59 Å². The molecule has 0 atom stereocenters. The lowest BCUT2D eigenvalue weighted by Gasteiger charge is -2.49. The summed E-state index contributed by atoms with van der Waals surface area (Å²) < 4.78 is 39.0. The minimum absolute atomic E-state index is 0.0222. The Morgan fingerprint density at radius 2 is 1.47 bits per heavy atom. The van der Waals surface area contributed by atoms with Gasteiger partial charge in [0.2, 0.25) is 0 Å². The summed E-state index contributed by atoms with van der Waals surface area (Å²) in [5.41, 5.74) is 5.08. The second-order valence-electron chi connectivity index (χ2n) is 15.3. The largest absolute Gasteiger partial charge is 0.490 e. The van der Waals surface area contributed by atoms with Crippen molar-refractivity contribution in [2.45, 2.75) is 84.0 Å². The lowest BCUT2D eigenvalue weighted by Crippen LogP contribution is -2.45. The zero-order valence-corrected chi connectivity index (χ0v) is 31.6. The van der Waals surface area contributed by atoms with Crippen molar-refractivity contribution in [3.8, 4) is 11.5 Å². The molecule has 0 radical (unpaired) electrons. The van der Waals surface area contributed by atoms with Crippen LogP contribution < -0.4 is 8.92 Å². The van der Waals surface area contributed by atoms with Gasteiger partial charge in [-0.25, -0.2) is 0 Å². The minimum Gasteiger partial charge on any atom is -0.490 e. The van der Waals surface area contributed by atoms with E-state index in [-0.39, 0.29) is 51.8 Å². The van der Waals surface area contributed by atoms with Crippen molar-refractivity contribution < 1.29 is 26.9 Å². The third-order valence-corrected chi connectivity index (χ3v) is 11.4. The number of nitrogens with zero attached hydrogens (tertiary/aromatic N) is 1. The molecule has 0 bridgehead atoms. The van der Waals surface area contributed by atoms with Gasteiger partial charge in [0, 0.05) is 58.4 Å². The monoisotopic (exact) mass is 727 g/mol. The van der Waals surface area contributed by atoms with Crippen molar-refractivity contribution in [3.05, 3.63) is 124 Å². The molecule has 268 valence electrons. The lowest BCUT2D eigenvalue weighted by atomic mass is 9.63. The molecule has 0 spiro atoms. The maximum absolute atomic E-state index is 14.4. The van der Waals surface area contributed by atoms with E-state index in [9.17, 15) is 18.0 Å². The molecule has 9 heteroatoms. The summed E-state index contributed by atoms with van der Waals surface area (Å²) in [5, 5.41) is 0.399. The van der Waals surface area contributed by atoms with Gasteiger partial charge in [-0.1, -0.05) is 81.8 Å². The van der Waals surface area contributed by atoms with Crippen LogP contribution in [-0.4, -0.2) is 38.0 Å². The van der Waals surface area contributed by atoms with Crippen LogP contribution in [0.2, 0.25) is 5.02 Å². The fourth-order valence-electron chi connectivity index (χ4n) is 7.81. The Bertz CT molecular complexity index is 1990. The van der Waals surface area contributed by atoms with E-state index in [0.29, 0.717) is 59.5 Å². The molecule has 6 rings (SSSR count). The molecule has 2 aliphatic carbocycles. The number of allylic oxidation sites excluding steroid dienone is 5. The van der Waals surface area contributed by atoms with Crippen LogP contribution in [0.25, 0.3) is 0 Å². The summed E-state index contributed by atoms with van der Waals surface area (Å²) in [6.07, 6.45) is 4.77. The summed E-state index contributed by atoms with van der Waals surface area (Å²) in [6, 6.07) is 19.6. The molecule has 7 nitrogen and oxygen atoms in total. The first kappa shape index (κ1) is 36.6. The van der Waals surface area contributed by atoms with E-state index in [4.69, 9.17) is 20.5 Å². The molecule has 0 saturated heterocycles. The summed E-state index contributed by atoms with van der Waals surface area (Å²) in [5.74, 6) is -0.332.